The smallest absolute Gasteiger partial charge is 0.319 e. The van der Waals surface area contributed by atoms with E-state index >= 15 is 0 Å². The van der Waals surface area contributed by atoms with Gasteiger partial charge < -0.3 is 4.74 Å². The van der Waals surface area contributed by atoms with Crippen LogP contribution in [0.15, 0.2) is 0 Å². The minimum absolute atomic E-state index is 0.0431. The second-order valence-electron chi connectivity index (χ2n) is 6.19. The molecule has 19 heavy (non-hydrogen) atoms. The third-order valence-corrected chi connectivity index (χ3v) is 4.01. The Hall–Kier alpha value is -0.900. The fourth-order valence-corrected chi connectivity index (χ4v) is 2.61. The molecule has 1 saturated heterocycles. The number of rotatable bonds is 6. The van der Waals surface area contributed by atoms with E-state index in [1.165, 1.54) is 0 Å². The number of nitrogens with zero attached hydrogens (tertiary/aromatic N) is 1. The van der Waals surface area contributed by atoms with Crippen molar-refractivity contribution in [2.24, 2.45) is 11.3 Å². The van der Waals surface area contributed by atoms with E-state index in [0.29, 0.717) is 25.1 Å². The molecule has 0 amide bonds. The van der Waals surface area contributed by atoms with E-state index in [2.05, 4.69) is 18.7 Å². The number of likely N-dealkylation sites (tertiary alicyclic amines) is 1. The Morgan fingerprint density at radius 1 is 1.37 bits per heavy atom. The zero-order valence-corrected chi connectivity index (χ0v) is 12.9. The van der Waals surface area contributed by atoms with Crippen LogP contribution < -0.4 is 0 Å². The predicted octanol–water partition coefficient (Wildman–Crippen LogP) is 2.27. The summed E-state index contributed by atoms with van der Waals surface area (Å²) in [7, 11) is 0. The fourth-order valence-electron chi connectivity index (χ4n) is 2.61. The van der Waals surface area contributed by atoms with Gasteiger partial charge in [0.15, 0.2) is 5.78 Å². The molecule has 1 aliphatic heterocycles. The minimum atomic E-state index is -1.04. The lowest BCUT2D eigenvalue weighted by atomic mass is 9.87. The summed E-state index contributed by atoms with van der Waals surface area (Å²) in [4.78, 5) is 26.4. The topological polar surface area (TPSA) is 46.6 Å². The summed E-state index contributed by atoms with van der Waals surface area (Å²) in [6, 6.07) is 0.460. The minimum Gasteiger partial charge on any atom is -0.465 e. The zero-order valence-electron chi connectivity index (χ0n) is 12.9. The van der Waals surface area contributed by atoms with Crippen LogP contribution in [0.2, 0.25) is 0 Å². The third-order valence-electron chi connectivity index (χ3n) is 4.01. The van der Waals surface area contributed by atoms with Gasteiger partial charge in [-0.3, -0.25) is 14.5 Å². The quantitative estimate of drug-likeness (QED) is 0.548. The first-order valence-corrected chi connectivity index (χ1v) is 7.25. The van der Waals surface area contributed by atoms with Gasteiger partial charge in [-0.1, -0.05) is 13.8 Å². The largest absolute Gasteiger partial charge is 0.465 e. The van der Waals surface area contributed by atoms with Crippen LogP contribution in [0.5, 0.6) is 0 Å². The molecule has 0 aromatic carbocycles. The number of carbonyl (C=O) groups excluding carboxylic acids is 2. The Balaban J connectivity index is 2.66. The molecule has 1 fully saturated rings. The Morgan fingerprint density at radius 3 is 2.53 bits per heavy atom. The summed E-state index contributed by atoms with van der Waals surface area (Å²) in [6.07, 6.45) is 2.28. The third kappa shape index (κ3) is 3.78. The highest BCUT2D eigenvalue weighted by Gasteiger charge is 2.39. The van der Waals surface area contributed by atoms with Gasteiger partial charge in [0.05, 0.1) is 13.2 Å². The summed E-state index contributed by atoms with van der Waals surface area (Å²) in [5.74, 6) is 0.0831. The molecule has 1 heterocycles. The Labute approximate surface area is 116 Å². The number of ketones is 1. The van der Waals surface area contributed by atoms with Crippen molar-refractivity contribution >= 4 is 11.8 Å². The molecule has 0 N–H and O–H groups in total. The first-order valence-electron chi connectivity index (χ1n) is 7.25. The highest BCUT2D eigenvalue weighted by atomic mass is 16.5. The van der Waals surface area contributed by atoms with E-state index in [4.69, 9.17) is 4.74 Å². The van der Waals surface area contributed by atoms with Crippen LogP contribution in [0.25, 0.3) is 0 Å². The second-order valence-corrected chi connectivity index (χ2v) is 6.19. The average Bonchev–Trinajstić information content (AvgIpc) is 2.77. The first kappa shape index (κ1) is 16.2. The molecule has 0 bridgehead atoms. The second kappa shape index (κ2) is 6.51. The molecule has 0 saturated carbocycles. The lowest BCUT2D eigenvalue weighted by Gasteiger charge is -2.30. The number of esters is 1. The van der Waals surface area contributed by atoms with Crippen LogP contribution >= 0.6 is 0 Å². The van der Waals surface area contributed by atoms with Crippen molar-refractivity contribution in [1.29, 1.82) is 0 Å². The maximum Gasteiger partial charge on any atom is 0.319 e. The van der Waals surface area contributed by atoms with Gasteiger partial charge in [-0.05, 0) is 46.1 Å². The van der Waals surface area contributed by atoms with Crippen LogP contribution in [0.4, 0.5) is 0 Å². The highest BCUT2D eigenvalue weighted by molar-refractivity contribution is 6.03. The molecule has 0 radical (unpaired) electrons. The molecule has 0 aromatic rings. The van der Waals surface area contributed by atoms with E-state index in [-0.39, 0.29) is 5.78 Å². The summed E-state index contributed by atoms with van der Waals surface area (Å²) >= 11 is 0. The van der Waals surface area contributed by atoms with Gasteiger partial charge >= 0.3 is 5.97 Å². The number of carbonyl (C=O) groups is 2. The molecule has 1 atom stereocenters. The molecule has 4 nitrogen and oxygen atoms in total. The van der Waals surface area contributed by atoms with Crippen molar-refractivity contribution in [1.82, 2.24) is 4.90 Å². The summed E-state index contributed by atoms with van der Waals surface area (Å²) in [5, 5.41) is 0. The molecule has 4 heteroatoms. The van der Waals surface area contributed by atoms with Crippen LogP contribution in [-0.4, -0.2) is 42.4 Å². The van der Waals surface area contributed by atoms with Crippen LogP contribution in [0, 0.1) is 11.3 Å². The fraction of sp³-hybridized carbons (Fsp3) is 0.867. The van der Waals surface area contributed by atoms with E-state index < -0.39 is 11.4 Å². The zero-order chi connectivity index (χ0) is 14.6. The maximum absolute atomic E-state index is 12.4. The number of ether oxygens (including phenoxy) is 1. The predicted molar refractivity (Wildman–Crippen MR) is 74.9 cm³/mol. The van der Waals surface area contributed by atoms with E-state index in [0.717, 1.165) is 19.4 Å². The van der Waals surface area contributed by atoms with Crippen LogP contribution in [0.3, 0.4) is 0 Å². The maximum atomic E-state index is 12.4. The molecule has 1 rings (SSSR count). The summed E-state index contributed by atoms with van der Waals surface area (Å²) < 4.78 is 4.99. The van der Waals surface area contributed by atoms with E-state index in [9.17, 15) is 9.59 Å². The number of hydrogen-bond donors (Lipinski definition) is 0. The Kier molecular flexibility index (Phi) is 5.53. The van der Waals surface area contributed by atoms with E-state index in [1.807, 2.05) is 0 Å². The van der Waals surface area contributed by atoms with Gasteiger partial charge in [0.1, 0.15) is 5.41 Å². The molecule has 0 aromatic heterocycles. The van der Waals surface area contributed by atoms with Crippen molar-refractivity contribution < 1.29 is 14.3 Å². The normalized spacial score (nSPS) is 20.8. The molecule has 110 valence electrons. The van der Waals surface area contributed by atoms with Gasteiger partial charge in [-0.15, -0.1) is 0 Å². The Bertz CT molecular complexity index is 336. The molecule has 1 aliphatic rings. The Morgan fingerprint density at radius 2 is 2.00 bits per heavy atom. The van der Waals surface area contributed by atoms with Crippen molar-refractivity contribution in [2.75, 3.05) is 19.7 Å². The van der Waals surface area contributed by atoms with Crippen molar-refractivity contribution in [3.8, 4) is 0 Å². The lowest BCUT2D eigenvalue weighted by molar-refractivity contribution is -0.158. The van der Waals surface area contributed by atoms with Crippen molar-refractivity contribution in [3.05, 3.63) is 0 Å². The summed E-state index contributed by atoms with van der Waals surface area (Å²) in [5.41, 5.74) is -1.04. The van der Waals surface area contributed by atoms with Gasteiger partial charge in [-0.25, -0.2) is 0 Å². The van der Waals surface area contributed by atoms with Crippen LogP contribution in [-0.2, 0) is 14.3 Å². The molecule has 1 unspecified atom stereocenters. The summed E-state index contributed by atoms with van der Waals surface area (Å²) in [6.45, 7) is 11.1. The molecular weight excluding hydrogens is 242 g/mol. The monoisotopic (exact) mass is 269 g/mol. The SMILES string of the molecule is CCOC(=O)C(C)(C)C(=O)CN1CCCC1C(C)C. The standard InChI is InChI=1S/C15H27NO3/c1-6-19-14(18)15(4,5)13(17)10-16-9-7-8-12(16)11(2)3/h11-12H,6-10H2,1-5H3. The number of hydrogen-bond acceptors (Lipinski definition) is 4. The average molecular weight is 269 g/mol. The first-order chi connectivity index (χ1) is 8.80. The van der Waals surface area contributed by atoms with E-state index in [1.54, 1.807) is 20.8 Å². The van der Waals surface area contributed by atoms with Gasteiger partial charge in [0, 0.05) is 6.04 Å². The van der Waals surface area contributed by atoms with Crippen molar-refractivity contribution in [2.45, 2.75) is 53.5 Å². The van der Waals surface area contributed by atoms with Gasteiger partial charge in [0.2, 0.25) is 0 Å². The van der Waals surface area contributed by atoms with Gasteiger partial charge in [0.25, 0.3) is 0 Å². The van der Waals surface area contributed by atoms with Gasteiger partial charge in [-0.2, -0.15) is 0 Å². The molecule has 0 aliphatic carbocycles. The lowest BCUT2D eigenvalue weighted by Crippen LogP contribution is -2.44. The molecule has 0 spiro atoms. The van der Waals surface area contributed by atoms with Crippen LogP contribution in [0.1, 0.15) is 47.5 Å². The number of Topliss-reactive ketones (excluding diaryl/α,β-unsaturated/α-hetero) is 1. The highest BCUT2D eigenvalue weighted by Crippen LogP contribution is 2.26. The molecular formula is C15H27NO3. The van der Waals surface area contributed by atoms with Crippen molar-refractivity contribution in [3.63, 3.8) is 0 Å².